The Hall–Kier alpha value is -0.790. The number of hydrogen-bond acceptors (Lipinski definition) is 3. The zero-order valence-electron chi connectivity index (χ0n) is 5.03. The molecule has 54 valence electrons. The second-order valence-corrected chi connectivity index (χ2v) is 2.55. The predicted octanol–water partition coefficient (Wildman–Crippen LogP) is -0.323. The van der Waals surface area contributed by atoms with Gasteiger partial charge in [0.2, 0.25) is 0 Å². The molecule has 1 aromatic carbocycles. The van der Waals surface area contributed by atoms with Gasteiger partial charge in [0.05, 0.1) is 0 Å². The lowest BCUT2D eigenvalue weighted by atomic mass is 10.3. The third-order valence-electron chi connectivity index (χ3n) is 1.08. The Bertz CT molecular complexity index is 236. The molecule has 0 aromatic heterocycles. The summed E-state index contributed by atoms with van der Waals surface area (Å²) in [5.74, 6) is -0.227. The van der Waals surface area contributed by atoms with E-state index >= 15 is 0 Å². The molecule has 0 aliphatic rings. The summed E-state index contributed by atoms with van der Waals surface area (Å²) >= 11 is 0. The molecular weight excluding hydrogens is 151 g/mol. The Kier molecular flexibility index (Phi) is 2.10. The lowest BCUT2D eigenvalue weighted by molar-refractivity contribution is -0.266. The molecule has 10 heavy (non-hydrogen) atoms. The van der Waals surface area contributed by atoms with Crippen molar-refractivity contribution < 1.29 is 15.1 Å². The van der Waals surface area contributed by atoms with Gasteiger partial charge in [-0.2, -0.15) is 0 Å². The molecule has 3 nitrogen and oxygen atoms in total. The molecule has 0 amide bonds. The molecule has 1 aromatic rings. The quantitative estimate of drug-likeness (QED) is 0.549. The highest BCUT2D eigenvalue weighted by Crippen LogP contribution is 2.16. The van der Waals surface area contributed by atoms with Crippen LogP contribution in [0.4, 0.5) is 0 Å². The molecule has 0 fully saturated rings. The average Bonchev–Trinajstić information content (AvgIpc) is 1.94. The van der Waals surface area contributed by atoms with Crippen molar-refractivity contribution in [2.24, 2.45) is 0 Å². The Morgan fingerprint density at radius 1 is 1.40 bits per heavy atom. The van der Waals surface area contributed by atoms with Gasteiger partial charge in [-0.15, -0.1) is 0 Å². The first-order valence-electron chi connectivity index (χ1n) is 2.64. The maximum absolute atomic E-state index is 10.7. The Morgan fingerprint density at radius 2 is 2.10 bits per heavy atom. The zero-order valence-corrected chi connectivity index (χ0v) is 6.03. The van der Waals surface area contributed by atoms with E-state index in [2.05, 4.69) is 0 Å². The number of hydrogen-bond donors (Lipinski definition) is 2. The van der Waals surface area contributed by atoms with Gasteiger partial charge in [-0.1, -0.05) is 11.8 Å². The van der Waals surface area contributed by atoms with Crippen molar-refractivity contribution in [3.63, 3.8) is 0 Å². The smallest absolute Gasteiger partial charge is 0.116 e. The normalized spacial score (nSPS) is 10.9. The van der Waals surface area contributed by atoms with Gasteiger partial charge in [0.1, 0.15) is 5.75 Å². The molecule has 0 aliphatic carbocycles. The molecule has 0 saturated carbocycles. The summed E-state index contributed by atoms with van der Waals surface area (Å²) in [5, 5.41) is 19.8. The molecular formula is C6H6O3P-. The standard InChI is InChI=1S/C6H7O3P/c7-4-1-2-5(8)6(3-4)10-9/h1-3,7-10H/p-1. The van der Waals surface area contributed by atoms with E-state index in [9.17, 15) is 5.11 Å². The maximum atomic E-state index is 10.7. The largest absolute Gasteiger partial charge is 0.872 e. The fraction of sp³-hybridized carbons (Fsp3) is 0. The Balaban J connectivity index is 3.09. The minimum absolute atomic E-state index is 0.0103. The predicted molar refractivity (Wildman–Crippen MR) is 37.7 cm³/mol. The van der Waals surface area contributed by atoms with Crippen molar-refractivity contribution in [3.05, 3.63) is 18.2 Å². The number of phenols is 1. The third kappa shape index (κ3) is 1.38. The second kappa shape index (κ2) is 2.86. The minimum Gasteiger partial charge on any atom is -0.872 e. The molecule has 2 N–H and O–H groups in total. The molecule has 4 heteroatoms. The lowest BCUT2D eigenvalue weighted by Gasteiger charge is -2.09. The fourth-order valence-electron chi connectivity index (χ4n) is 0.605. The van der Waals surface area contributed by atoms with Crippen LogP contribution in [-0.2, 0) is 0 Å². The van der Waals surface area contributed by atoms with E-state index in [1.807, 2.05) is 0 Å². The third-order valence-corrected chi connectivity index (χ3v) is 1.72. The first-order valence-corrected chi connectivity index (χ1v) is 3.59. The summed E-state index contributed by atoms with van der Waals surface area (Å²) in [4.78, 5) is 8.56. The molecule has 0 saturated heterocycles. The van der Waals surface area contributed by atoms with Crippen molar-refractivity contribution in [2.75, 3.05) is 0 Å². The van der Waals surface area contributed by atoms with Crippen molar-refractivity contribution in [1.82, 2.24) is 0 Å². The van der Waals surface area contributed by atoms with Crippen LogP contribution < -0.4 is 10.4 Å². The van der Waals surface area contributed by atoms with Gasteiger partial charge in [-0.05, 0) is 17.4 Å². The van der Waals surface area contributed by atoms with E-state index in [1.54, 1.807) is 0 Å². The average molecular weight is 157 g/mol. The van der Waals surface area contributed by atoms with Crippen LogP contribution in [0.2, 0.25) is 0 Å². The second-order valence-electron chi connectivity index (χ2n) is 1.79. The van der Waals surface area contributed by atoms with E-state index in [4.69, 9.17) is 10.00 Å². The molecule has 0 heterocycles. The summed E-state index contributed by atoms with van der Waals surface area (Å²) in [6.07, 6.45) is 0. The van der Waals surface area contributed by atoms with Gasteiger partial charge >= 0.3 is 0 Å². The van der Waals surface area contributed by atoms with Crippen LogP contribution in [0.5, 0.6) is 11.5 Å². The van der Waals surface area contributed by atoms with Crippen LogP contribution in [0.3, 0.4) is 0 Å². The fourth-order valence-corrected chi connectivity index (χ4v) is 1.01. The first kappa shape index (κ1) is 7.32. The molecule has 1 rings (SSSR count). The number of benzene rings is 1. The van der Waals surface area contributed by atoms with Gasteiger partial charge in [-0.3, -0.25) is 0 Å². The van der Waals surface area contributed by atoms with Crippen molar-refractivity contribution >= 4 is 14.1 Å². The Morgan fingerprint density at radius 3 is 2.60 bits per heavy atom. The van der Waals surface area contributed by atoms with Crippen LogP contribution in [0.1, 0.15) is 0 Å². The molecule has 1 unspecified atom stereocenters. The highest BCUT2D eigenvalue weighted by atomic mass is 31.1. The molecule has 1 atom stereocenters. The SMILES string of the molecule is [O-]c1ccc(O)cc1PO. The molecule has 0 spiro atoms. The molecule has 0 radical (unpaired) electrons. The number of phenolic OH excluding ortho intramolecular Hbond substituents is 1. The van der Waals surface area contributed by atoms with Crippen LogP contribution in [0, 0.1) is 0 Å². The van der Waals surface area contributed by atoms with Crippen LogP contribution in [0.25, 0.3) is 0 Å². The van der Waals surface area contributed by atoms with Crippen molar-refractivity contribution in [3.8, 4) is 11.5 Å². The Labute approximate surface area is 59.8 Å². The van der Waals surface area contributed by atoms with Crippen molar-refractivity contribution in [1.29, 1.82) is 0 Å². The van der Waals surface area contributed by atoms with Gasteiger partial charge in [0, 0.05) is 8.81 Å². The van der Waals surface area contributed by atoms with Crippen LogP contribution in [0.15, 0.2) is 18.2 Å². The highest BCUT2D eigenvalue weighted by Gasteiger charge is 1.92. The van der Waals surface area contributed by atoms with Gasteiger partial charge in [-0.25, -0.2) is 0 Å². The minimum atomic E-state index is -0.547. The number of aromatic hydroxyl groups is 1. The topological polar surface area (TPSA) is 63.5 Å². The van der Waals surface area contributed by atoms with E-state index in [0.29, 0.717) is 0 Å². The highest BCUT2D eigenvalue weighted by molar-refractivity contribution is 7.41. The first-order chi connectivity index (χ1) is 4.74. The van der Waals surface area contributed by atoms with Gasteiger partial charge in [0.25, 0.3) is 0 Å². The zero-order chi connectivity index (χ0) is 7.56. The summed E-state index contributed by atoms with van der Waals surface area (Å²) < 4.78 is 0. The summed E-state index contributed by atoms with van der Waals surface area (Å²) in [6.45, 7) is 0. The van der Waals surface area contributed by atoms with E-state index in [1.165, 1.54) is 18.2 Å². The van der Waals surface area contributed by atoms with Crippen LogP contribution >= 0.6 is 8.81 Å². The van der Waals surface area contributed by atoms with E-state index in [-0.39, 0.29) is 16.8 Å². The summed E-state index contributed by atoms with van der Waals surface area (Å²) in [6, 6.07) is 3.79. The van der Waals surface area contributed by atoms with Gasteiger partial charge in [0.15, 0.2) is 0 Å². The maximum Gasteiger partial charge on any atom is 0.116 e. The van der Waals surface area contributed by atoms with Crippen LogP contribution in [-0.4, -0.2) is 10.00 Å². The van der Waals surface area contributed by atoms with E-state index in [0.717, 1.165) is 0 Å². The monoisotopic (exact) mass is 157 g/mol. The summed E-state index contributed by atoms with van der Waals surface area (Å²) in [5.41, 5.74) is 0. The van der Waals surface area contributed by atoms with Gasteiger partial charge < -0.3 is 15.1 Å². The summed E-state index contributed by atoms with van der Waals surface area (Å²) in [7, 11) is -0.547. The molecule has 0 aliphatic heterocycles. The number of rotatable bonds is 1. The molecule has 0 bridgehead atoms. The van der Waals surface area contributed by atoms with Crippen molar-refractivity contribution in [2.45, 2.75) is 0 Å². The lowest BCUT2D eigenvalue weighted by Crippen LogP contribution is -2.04. The van der Waals surface area contributed by atoms with E-state index < -0.39 is 8.81 Å².